The Morgan fingerprint density at radius 1 is 1.19 bits per heavy atom. The normalized spacial score (nSPS) is 21.8. The number of sulfone groups is 1. The molecule has 2 saturated heterocycles. The van der Waals surface area contributed by atoms with E-state index in [-0.39, 0.29) is 22.9 Å². The molecule has 4 rings (SSSR count). The van der Waals surface area contributed by atoms with Crippen molar-refractivity contribution in [2.24, 2.45) is 0 Å². The fraction of sp³-hybridized carbons (Fsp3) is 0.440. The maximum Gasteiger partial charge on any atom is 0.254 e. The fourth-order valence-corrected chi connectivity index (χ4v) is 5.62. The topological polar surface area (TPSA) is 92.8 Å². The van der Waals surface area contributed by atoms with Crippen LogP contribution in [-0.4, -0.2) is 62.4 Å². The average Bonchev–Trinajstić information content (AvgIpc) is 3.27. The number of likely N-dealkylation sites (tertiary alicyclic amines) is 1. The summed E-state index contributed by atoms with van der Waals surface area (Å²) in [5.41, 5.74) is -2.54. The van der Waals surface area contributed by atoms with Gasteiger partial charge in [0.15, 0.2) is 15.5 Å². The van der Waals surface area contributed by atoms with Crippen molar-refractivity contribution in [3.05, 3.63) is 64.2 Å². The van der Waals surface area contributed by atoms with Crippen LogP contribution in [0.4, 0.5) is 13.2 Å². The van der Waals surface area contributed by atoms with Crippen LogP contribution in [0.5, 0.6) is 0 Å². The highest BCUT2D eigenvalue weighted by atomic mass is 35.5. The standard InChI is InChI=1S/C25H26ClF3N2O5S/c1-3-15-7-8-21(31(15)24(33)14-5-4-6-16(9-14)37(2,34)35)23(32)30-22(25(29)12-36-13-25)17-10-20(28)18(26)11-19(17)27/h4-6,9-11,15,21-22H,3,7-8,12-13H2,1-2H3,(H,30,32)/t15-,21-,22?/m1/s1. The largest absolute Gasteiger partial charge is 0.374 e. The smallest absolute Gasteiger partial charge is 0.254 e. The zero-order valence-corrected chi connectivity index (χ0v) is 21.7. The molecular weight excluding hydrogens is 533 g/mol. The van der Waals surface area contributed by atoms with Gasteiger partial charge in [0.1, 0.15) is 17.7 Å². The number of carbonyl (C=O) groups is 2. The lowest BCUT2D eigenvalue weighted by molar-refractivity contribution is -0.155. The Labute approximate surface area is 217 Å². The number of nitrogens with one attached hydrogen (secondary N) is 1. The molecule has 1 N–H and O–H groups in total. The molecular formula is C25H26ClF3N2O5S. The number of nitrogens with zero attached hydrogens (tertiary/aromatic N) is 1. The van der Waals surface area contributed by atoms with E-state index in [2.05, 4.69) is 5.32 Å². The molecule has 7 nitrogen and oxygen atoms in total. The molecule has 2 heterocycles. The molecule has 0 spiro atoms. The molecule has 200 valence electrons. The summed E-state index contributed by atoms with van der Waals surface area (Å²) in [7, 11) is -3.58. The fourth-order valence-electron chi connectivity index (χ4n) is 4.80. The second-order valence-corrected chi connectivity index (χ2v) is 11.8. The second kappa shape index (κ2) is 10.3. The Morgan fingerprint density at radius 3 is 2.49 bits per heavy atom. The zero-order chi connectivity index (χ0) is 27.1. The zero-order valence-electron chi connectivity index (χ0n) is 20.1. The summed E-state index contributed by atoms with van der Waals surface area (Å²) >= 11 is 5.64. The lowest BCUT2D eigenvalue weighted by Crippen LogP contribution is -2.58. The van der Waals surface area contributed by atoms with Crippen molar-refractivity contribution < 1.29 is 35.9 Å². The van der Waals surface area contributed by atoms with E-state index in [1.807, 2.05) is 6.92 Å². The van der Waals surface area contributed by atoms with Crippen LogP contribution in [0.2, 0.25) is 5.02 Å². The SMILES string of the molecule is CC[C@@H]1CC[C@H](C(=O)NC(c2cc(F)c(Cl)cc2F)C2(F)COC2)N1C(=O)c1cccc(S(C)(=O)=O)c1. The van der Waals surface area contributed by atoms with E-state index < -0.39 is 74.8 Å². The Balaban J connectivity index is 1.66. The van der Waals surface area contributed by atoms with Crippen molar-refractivity contribution in [3.8, 4) is 0 Å². The monoisotopic (exact) mass is 558 g/mol. The summed E-state index contributed by atoms with van der Waals surface area (Å²) in [5.74, 6) is -3.27. The van der Waals surface area contributed by atoms with Crippen molar-refractivity contribution in [1.82, 2.24) is 10.2 Å². The Morgan fingerprint density at radius 2 is 1.89 bits per heavy atom. The lowest BCUT2D eigenvalue weighted by atomic mass is 9.87. The van der Waals surface area contributed by atoms with Gasteiger partial charge in [-0.3, -0.25) is 9.59 Å². The number of benzene rings is 2. The van der Waals surface area contributed by atoms with Gasteiger partial charge in [-0.25, -0.2) is 21.6 Å². The third-order valence-corrected chi connectivity index (χ3v) is 8.26. The highest BCUT2D eigenvalue weighted by molar-refractivity contribution is 7.90. The van der Waals surface area contributed by atoms with E-state index in [9.17, 15) is 26.8 Å². The van der Waals surface area contributed by atoms with E-state index in [0.717, 1.165) is 12.3 Å². The van der Waals surface area contributed by atoms with Crippen LogP contribution in [0.3, 0.4) is 0 Å². The van der Waals surface area contributed by atoms with Crippen molar-refractivity contribution in [1.29, 1.82) is 0 Å². The number of alkyl halides is 1. The summed E-state index contributed by atoms with van der Waals surface area (Å²) in [4.78, 5) is 28.3. The predicted octanol–water partition coefficient (Wildman–Crippen LogP) is 4.00. The molecule has 0 bridgehead atoms. The van der Waals surface area contributed by atoms with Gasteiger partial charge in [-0.1, -0.05) is 24.6 Å². The molecule has 1 unspecified atom stereocenters. The summed E-state index contributed by atoms with van der Waals surface area (Å²) in [6.07, 6.45) is 2.27. The van der Waals surface area contributed by atoms with Gasteiger partial charge in [0, 0.05) is 23.4 Å². The van der Waals surface area contributed by atoms with Crippen molar-refractivity contribution in [2.75, 3.05) is 19.5 Å². The quantitative estimate of drug-likeness (QED) is 0.519. The van der Waals surface area contributed by atoms with Crippen LogP contribution < -0.4 is 5.32 Å². The first-order valence-electron chi connectivity index (χ1n) is 11.7. The van der Waals surface area contributed by atoms with Crippen LogP contribution in [0.15, 0.2) is 41.3 Å². The number of amides is 2. The van der Waals surface area contributed by atoms with Gasteiger partial charge < -0.3 is 15.0 Å². The number of ether oxygens (including phenoxy) is 1. The van der Waals surface area contributed by atoms with Crippen molar-refractivity contribution in [2.45, 2.75) is 54.9 Å². The first-order chi connectivity index (χ1) is 17.4. The van der Waals surface area contributed by atoms with Crippen molar-refractivity contribution >= 4 is 33.3 Å². The van der Waals surface area contributed by atoms with E-state index >= 15 is 4.39 Å². The van der Waals surface area contributed by atoms with Crippen LogP contribution in [0, 0.1) is 11.6 Å². The Bertz CT molecular complexity index is 1340. The number of rotatable bonds is 7. The summed E-state index contributed by atoms with van der Waals surface area (Å²) < 4.78 is 73.4. The van der Waals surface area contributed by atoms with Crippen LogP contribution in [0.1, 0.15) is 48.1 Å². The molecule has 2 aromatic carbocycles. The summed E-state index contributed by atoms with van der Waals surface area (Å²) in [6, 6.07) is 3.99. The maximum absolute atomic E-state index is 15.5. The third-order valence-electron chi connectivity index (χ3n) is 6.86. The van der Waals surface area contributed by atoms with Gasteiger partial charge in [0.05, 0.1) is 29.2 Å². The minimum Gasteiger partial charge on any atom is -0.374 e. The summed E-state index contributed by atoms with van der Waals surface area (Å²) in [5, 5.41) is 2.00. The summed E-state index contributed by atoms with van der Waals surface area (Å²) in [6.45, 7) is 0.963. The average molecular weight is 559 g/mol. The van der Waals surface area contributed by atoms with Crippen LogP contribution in [0.25, 0.3) is 0 Å². The minimum absolute atomic E-state index is 0.0451. The highest BCUT2D eigenvalue weighted by Crippen LogP contribution is 2.39. The first-order valence-corrected chi connectivity index (χ1v) is 14.0. The van der Waals surface area contributed by atoms with Gasteiger partial charge in [-0.15, -0.1) is 0 Å². The van der Waals surface area contributed by atoms with Crippen LogP contribution in [-0.2, 0) is 19.4 Å². The lowest BCUT2D eigenvalue weighted by Gasteiger charge is -2.41. The van der Waals surface area contributed by atoms with E-state index in [1.54, 1.807) is 0 Å². The molecule has 0 aromatic heterocycles. The maximum atomic E-state index is 15.5. The molecule has 2 fully saturated rings. The molecule has 12 heteroatoms. The number of carbonyl (C=O) groups excluding carboxylic acids is 2. The molecule has 37 heavy (non-hydrogen) atoms. The molecule has 0 aliphatic carbocycles. The molecule has 0 radical (unpaired) electrons. The first kappa shape index (κ1) is 27.4. The van der Waals surface area contributed by atoms with Crippen molar-refractivity contribution in [3.63, 3.8) is 0 Å². The Hall–Kier alpha value is -2.63. The van der Waals surface area contributed by atoms with Gasteiger partial charge in [0.2, 0.25) is 5.91 Å². The molecule has 2 aliphatic heterocycles. The van der Waals surface area contributed by atoms with Gasteiger partial charge in [-0.05, 0) is 49.6 Å². The van der Waals surface area contributed by atoms with E-state index in [4.69, 9.17) is 16.3 Å². The van der Waals surface area contributed by atoms with Gasteiger partial charge >= 0.3 is 0 Å². The second-order valence-electron chi connectivity index (χ2n) is 9.42. The number of hydrogen-bond acceptors (Lipinski definition) is 5. The molecule has 2 aromatic rings. The minimum atomic E-state index is -3.58. The van der Waals surface area contributed by atoms with Gasteiger partial charge in [0.25, 0.3) is 5.91 Å². The number of hydrogen-bond donors (Lipinski definition) is 1. The molecule has 2 aliphatic rings. The molecule has 0 saturated carbocycles. The predicted molar refractivity (Wildman–Crippen MR) is 130 cm³/mol. The van der Waals surface area contributed by atoms with E-state index in [1.165, 1.54) is 29.2 Å². The molecule has 3 atom stereocenters. The highest BCUT2D eigenvalue weighted by Gasteiger charge is 2.50. The van der Waals surface area contributed by atoms with Gasteiger partial charge in [-0.2, -0.15) is 0 Å². The van der Waals surface area contributed by atoms with E-state index in [0.29, 0.717) is 18.9 Å². The number of halogens is 4. The van der Waals surface area contributed by atoms with Crippen LogP contribution >= 0.6 is 11.6 Å². The third kappa shape index (κ3) is 5.35. The molecule has 2 amide bonds. The Kier molecular flexibility index (Phi) is 7.60.